The second-order valence-electron chi connectivity index (χ2n) is 21.9. The number of fused-ring (bicyclic) bond motifs is 28. The van der Waals surface area contributed by atoms with E-state index in [1.54, 1.807) is 0 Å². The van der Waals surface area contributed by atoms with Crippen molar-refractivity contribution in [3.05, 3.63) is 207 Å². The summed E-state index contributed by atoms with van der Waals surface area (Å²) in [5.74, 6) is 6.25. The van der Waals surface area contributed by atoms with Crippen molar-refractivity contribution >= 4 is 83.2 Å². The minimum atomic E-state index is -0.397. The molecule has 346 valence electrons. The molecule has 1 fully saturated rings. The highest BCUT2D eigenvalue weighted by Gasteiger charge is 2.41. The summed E-state index contributed by atoms with van der Waals surface area (Å²) >= 11 is 0. The molecule has 5 heterocycles. The third kappa shape index (κ3) is 5.98. The molecule has 8 heteroatoms. The summed E-state index contributed by atoms with van der Waals surface area (Å²) in [4.78, 5) is 30.6. The van der Waals surface area contributed by atoms with Crippen molar-refractivity contribution in [2.24, 2.45) is 49.6 Å². The first-order chi connectivity index (χ1) is 35.5. The Bertz CT molecular complexity index is 4270. The van der Waals surface area contributed by atoms with Gasteiger partial charge in [-0.15, -0.1) is 0 Å². The van der Waals surface area contributed by atoms with Gasteiger partial charge in [-0.05, 0) is 183 Å². The van der Waals surface area contributed by atoms with Gasteiger partial charge in [0.25, 0.3) is 0 Å². The number of amidine groups is 2. The van der Waals surface area contributed by atoms with Crippen LogP contribution in [0.2, 0.25) is 0 Å². The van der Waals surface area contributed by atoms with E-state index in [0.717, 1.165) is 99.4 Å². The molecule has 4 N–H and O–H groups in total. The van der Waals surface area contributed by atoms with Crippen molar-refractivity contribution in [2.75, 3.05) is 0 Å². The second kappa shape index (κ2) is 14.7. The Morgan fingerprint density at radius 2 is 1.03 bits per heavy atom. The van der Waals surface area contributed by atoms with E-state index in [1.165, 1.54) is 83.8 Å². The summed E-state index contributed by atoms with van der Waals surface area (Å²) in [5, 5.41) is 19.7. The quantitative estimate of drug-likeness (QED) is 0.0898. The first-order valence-corrected chi connectivity index (χ1v) is 26.2. The smallest absolute Gasteiger partial charge is 0.148 e. The number of aromatic nitrogens is 2. The summed E-state index contributed by atoms with van der Waals surface area (Å²) < 4.78 is 0. The van der Waals surface area contributed by atoms with Crippen LogP contribution in [0.25, 0.3) is 59.9 Å². The number of nitrogens with one attached hydrogen (secondary N) is 4. The SMILES string of the molecule is C1=CC2CC3Cc4c5[nH]c(c4CC3CC2C=C1)N=C1NC(N=c2[nH]c(c3cc4c(cc23)CC2C=CCCC2=C4)=NC2NC(=N5)c3cc4cc5ccccc5cc4cc32)c2cc3cc4ccccc4cc3cc21. The zero-order valence-corrected chi connectivity index (χ0v) is 39.7. The van der Waals surface area contributed by atoms with E-state index in [9.17, 15) is 0 Å². The number of benzene rings is 7. The first-order valence-electron chi connectivity index (χ1n) is 26.2. The molecular weight excluding hydrogens is 881 g/mol. The maximum atomic E-state index is 5.72. The van der Waals surface area contributed by atoms with E-state index in [0.29, 0.717) is 29.6 Å². The third-order valence-corrected chi connectivity index (χ3v) is 17.9. The molecule has 1 saturated carbocycles. The van der Waals surface area contributed by atoms with Crippen LogP contribution in [-0.4, -0.2) is 21.6 Å². The van der Waals surface area contributed by atoms with Gasteiger partial charge in [-0.3, -0.25) is 0 Å². The lowest BCUT2D eigenvalue weighted by atomic mass is 9.62. The molecule has 7 atom stereocenters. The van der Waals surface area contributed by atoms with Crippen LogP contribution in [0.4, 0.5) is 11.6 Å². The zero-order chi connectivity index (χ0) is 46.8. The highest BCUT2D eigenvalue weighted by atomic mass is 15.2. The minimum Gasteiger partial charge on any atom is -0.344 e. The lowest BCUT2D eigenvalue weighted by Crippen LogP contribution is -2.35. The molecule has 0 saturated heterocycles. The number of H-pyrrole nitrogens is 2. The van der Waals surface area contributed by atoms with E-state index in [4.69, 9.17) is 20.0 Å². The molecule has 9 aromatic rings. The largest absolute Gasteiger partial charge is 0.344 e. The molecule has 0 amide bonds. The van der Waals surface area contributed by atoms with Gasteiger partial charge in [-0.1, -0.05) is 96.6 Å². The van der Waals surface area contributed by atoms with Crippen LogP contribution in [0.1, 0.15) is 82.5 Å². The Hall–Kier alpha value is -8.10. The number of aliphatic imine (C=N–C) groups is 2. The van der Waals surface area contributed by atoms with Gasteiger partial charge < -0.3 is 20.6 Å². The average molecular weight is 931 g/mol. The van der Waals surface area contributed by atoms with Crippen molar-refractivity contribution in [2.45, 2.75) is 57.3 Å². The normalized spacial score (nSPS) is 24.9. The van der Waals surface area contributed by atoms with Gasteiger partial charge in [-0.25, -0.2) is 20.0 Å². The van der Waals surface area contributed by atoms with Crippen LogP contribution >= 0.6 is 0 Å². The number of aromatic amines is 2. The molecule has 8 nitrogen and oxygen atoms in total. The molecule has 2 aromatic heterocycles. The number of hydrogen-bond donors (Lipinski definition) is 4. The summed E-state index contributed by atoms with van der Waals surface area (Å²) in [5.41, 5.74) is 12.8. The Balaban J connectivity index is 0.929. The predicted octanol–water partition coefficient (Wildman–Crippen LogP) is 12.8. The van der Waals surface area contributed by atoms with E-state index in [2.05, 4.69) is 172 Å². The lowest BCUT2D eigenvalue weighted by Gasteiger charge is -2.43. The second-order valence-corrected chi connectivity index (χ2v) is 21.9. The van der Waals surface area contributed by atoms with Gasteiger partial charge in [0, 0.05) is 50.1 Å². The molecule has 17 rings (SSSR count). The molecule has 72 heavy (non-hydrogen) atoms. The average Bonchev–Trinajstić information content (AvgIpc) is 4.12. The van der Waals surface area contributed by atoms with Crippen LogP contribution in [0.3, 0.4) is 0 Å². The number of nitrogens with zero attached hydrogens (tertiary/aromatic N) is 4. The van der Waals surface area contributed by atoms with Gasteiger partial charge >= 0.3 is 0 Å². The highest BCUT2D eigenvalue weighted by molar-refractivity contribution is 6.11. The predicted molar refractivity (Wildman–Crippen MR) is 291 cm³/mol. The Labute approximate surface area is 415 Å². The van der Waals surface area contributed by atoms with Gasteiger partial charge in [-0.2, -0.15) is 0 Å². The van der Waals surface area contributed by atoms with Crippen LogP contribution in [0.15, 0.2) is 171 Å². The lowest BCUT2D eigenvalue weighted by molar-refractivity contribution is 0.152. The minimum absolute atomic E-state index is 0.395. The number of rotatable bonds is 0. The van der Waals surface area contributed by atoms with Crippen molar-refractivity contribution < 1.29 is 0 Å². The summed E-state index contributed by atoms with van der Waals surface area (Å²) in [7, 11) is 0. The van der Waals surface area contributed by atoms with Gasteiger partial charge in [0.15, 0.2) is 0 Å². The van der Waals surface area contributed by atoms with E-state index in [1.807, 2.05) is 0 Å². The Morgan fingerprint density at radius 3 is 1.58 bits per heavy atom. The fourth-order valence-corrected chi connectivity index (χ4v) is 14.3. The number of allylic oxidation sites excluding steroid dienone is 7. The molecule has 0 radical (unpaired) electrons. The molecule has 7 aromatic carbocycles. The van der Waals surface area contributed by atoms with Gasteiger partial charge in [0.1, 0.15) is 46.6 Å². The van der Waals surface area contributed by atoms with Crippen LogP contribution in [0, 0.1) is 29.6 Å². The van der Waals surface area contributed by atoms with Crippen LogP contribution in [0.5, 0.6) is 0 Å². The molecule has 5 aliphatic carbocycles. The fourth-order valence-electron chi connectivity index (χ4n) is 14.3. The van der Waals surface area contributed by atoms with Crippen LogP contribution in [-0.2, 0) is 19.3 Å². The first kappa shape index (κ1) is 39.6. The van der Waals surface area contributed by atoms with Crippen molar-refractivity contribution in [3.8, 4) is 0 Å². The Morgan fingerprint density at radius 1 is 0.500 bits per heavy atom. The fraction of sp³-hybridized carbons (Fsp3) is 0.219. The van der Waals surface area contributed by atoms with E-state index < -0.39 is 12.3 Å². The monoisotopic (exact) mass is 930 g/mol. The van der Waals surface area contributed by atoms with E-state index >= 15 is 0 Å². The maximum absolute atomic E-state index is 5.72. The molecule has 7 unspecified atom stereocenters. The van der Waals surface area contributed by atoms with Gasteiger partial charge in [0.2, 0.25) is 0 Å². The molecule has 8 bridgehead atoms. The summed E-state index contributed by atoms with van der Waals surface area (Å²) in [6.45, 7) is 0. The number of hydrogen-bond acceptors (Lipinski definition) is 6. The molecule has 3 aliphatic heterocycles. The van der Waals surface area contributed by atoms with Crippen LogP contribution < -0.4 is 21.6 Å². The van der Waals surface area contributed by atoms with Gasteiger partial charge in [0.05, 0.1) is 0 Å². The van der Waals surface area contributed by atoms with Crippen molar-refractivity contribution in [1.29, 1.82) is 0 Å². The van der Waals surface area contributed by atoms with Crippen molar-refractivity contribution in [1.82, 2.24) is 20.6 Å². The van der Waals surface area contributed by atoms with Crippen molar-refractivity contribution in [3.63, 3.8) is 0 Å². The standard InChI is InChI=1S/C64H50N8/c1-2-10-34-18-42-26-50-49(25-41(42)17-33(34)9-1)57-65-58(50)70-60-53-29-45-21-37-13-5-6-14-38(37)22-46(45)30-54(53)62(67-60)72-64-56-32-48-24-40-16-8-7-15-39(40)23-47(48)31-55(56)63(68-64)71-61-52-28-44-20-36-12-4-3-11-35(36)19-43(44)27-51(52)59(66-61)69-57/h1-7,9-15,19-22,24,27-34,39,41-42,61-62,65H,8,16-18,23,25-26H2,(H,66,69)(H,67,70)(H,68,71,72). The maximum Gasteiger partial charge on any atom is 0.148 e. The molecular formula is C64H50N8. The van der Waals surface area contributed by atoms with E-state index in [-0.39, 0.29) is 0 Å². The topological polar surface area (TPSA) is 105 Å². The Kier molecular flexibility index (Phi) is 8.10. The molecule has 8 aliphatic rings. The summed E-state index contributed by atoms with van der Waals surface area (Å²) in [6, 6.07) is 40.7. The molecule has 0 spiro atoms. The summed E-state index contributed by atoms with van der Waals surface area (Å²) in [6.07, 6.45) is 23.4. The third-order valence-electron chi connectivity index (χ3n) is 17.9. The highest BCUT2D eigenvalue weighted by Crippen LogP contribution is 2.51. The zero-order valence-electron chi connectivity index (χ0n) is 39.7.